The van der Waals surface area contributed by atoms with Crippen molar-refractivity contribution in [2.45, 2.75) is 6.92 Å². The number of hydrogen-bond donors (Lipinski definition) is 0. The first-order valence-corrected chi connectivity index (χ1v) is 2.05. The zero-order chi connectivity index (χ0) is 6.57. The van der Waals surface area contributed by atoms with Crippen LogP contribution in [0.2, 0.25) is 0 Å². The first kappa shape index (κ1) is 7.23. The van der Waals surface area contributed by atoms with Gasteiger partial charge >= 0.3 is 11.4 Å². The Morgan fingerprint density at radius 1 is 1.38 bits per heavy atom. The molecule has 5 heteroatoms. The van der Waals surface area contributed by atoms with E-state index in [1.54, 1.807) is 0 Å². The molecule has 4 nitrogen and oxygen atoms in total. The molecule has 0 radical (unpaired) electrons. The number of halogens is 1. The van der Waals surface area contributed by atoms with Gasteiger partial charge in [-0.1, -0.05) is 0 Å². The van der Waals surface area contributed by atoms with Crippen LogP contribution in [-0.4, -0.2) is 11.4 Å². The molecule has 0 amide bonds. The van der Waals surface area contributed by atoms with Crippen molar-refractivity contribution in [1.29, 1.82) is 0 Å². The molecule has 0 saturated carbocycles. The van der Waals surface area contributed by atoms with E-state index in [9.17, 15) is 9.59 Å². The Bertz CT molecular complexity index is 95.9. The van der Waals surface area contributed by atoms with E-state index < -0.39 is 11.4 Å². The molecule has 0 spiro atoms. The molecule has 0 rings (SSSR count). The molecule has 8 heavy (non-hydrogen) atoms. The highest BCUT2D eigenvalue weighted by Crippen LogP contribution is 1.87. The van der Waals surface area contributed by atoms with E-state index in [1.165, 1.54) is 0 Å². The summed E-state index contributed by atoms with van der Waals surface area (Å²) in [6, 6.07) is 0. The number of hydrogen-bond acceptors (Lipinski definition) is 4. The van der Waals surface area contributed by atoms with Crippen molar-refractivity contribution >= 4 is 23.0 Å². The SMILES string of the molecule is CC(=O)OOC(=O)Cl. The van der Waals surface area contributed by atoms with Crippen molar-refractivity contribution in [3.8, 4) is 0 Å². The highest BCUT2D eigenvalue weighted by Gasteiger charge is 1.98. The molecular weight excluding hydrogens is 135 g/mol. The lowest BCUT2D eigenvalue weighted by Gasteiger charge is -1.91. The van der Waals surface area contributed by atoms with Crippen LogP contribution in [0, 0.1) is 0 Å². The summed E-state index contributed by atoms with van der Waals surface area (Å²) in [7, 11) is 0. The highest BCUT2D eigenvalue weighted by atomic mass is 35.5. The Morgan fingerprint density at radius 3 is 2.00 bits per heavy atom. The first-order valence-electron chi connectivity index (χ1n) is 1.67. The van der Waals surface area contributed by atoms with Crippen LogP contribution in [0.4, 0.5) is 4.79 Å². The van der Waals surface area contributed by atoms with Gasteiger partial charge in [0.05, 0.1) is 0 Å². The number of rotatable bonds is 0. The minimum atomic E-state index is -1.17. The van der Waals surface area contributed by atoms with Crippen LogP contribution in [0.25, 0.3) is 0 Å². The predicted molar refractivity (Wildman–Crippen MR) is 24.1 cm³/mol. The fourth-order valence-electron chi connectivity index (χ4n) is 0.0914. The average Bonchev–Trinajstić information content (AvgIpc) is 1.61. The molecule has 0 N–H and O–H groups in total. The summed E-state index contributed by atoms with van der Waals surface area (Å²) in [6.07, 6.45) is 0. The van der Waals surface area contributed by atoms with E-state index in [1.807, 2.05) is 0 Å². The van der Waals surface area contributed by atoms with Crippen molar-refractivity contribution in [2.24, 2.45) is 0 Å². The van der Waals surface area contributed by atoms with Crippen LogP contribution in [-0.2, 0) is 14.6 Å². The van der Waals surface area contributed by atoms with Crippen molar-refractivity contribution in [3.63, 3.8) is 0 Å². The van der Waals surface area contributed by atoms with Gasteiger partial charge in [0.2, 0.25) is 0 Å². The zero-order valence-electron chi connectivity index (χ0n) is 4.01. The van der Waals surface area contributed by atoms with Crippen LogP contribution in [0.15, 0.2) is 0 Å². The molecular formula is C3H3ClO4. The van der Waals surface area contributed by atoms with Crippen molar-refractivity contribution < 1.29 is 19.4 Å². The van der Waals surface area contributed by atoms with Gasteiger partial charge in [-0.2, -0.15) is 0 Å². The third kappa shape index (κ3) is 5.23. The molecule has 0 atom stereocenters. The van der Waals surface area contributed by atoms with Gasteiger partial charge in [0, 0.05) is 18.5 Å². The maximum atomic E-state index is 9.79. The molecule has 0 saturated heterocycles. The van der Waals surface area contributed by atoms with E-state index in [0.29, 0.717) is 0 Å². The van der Waals surface area contributed by atoms with Gasteiger partial charge in [-0.25, -0.2) is 19.4 Å². The standard InChI is InChI=1S/C3H3ClO4/c1-2(5)7-8-3(4)6/h1H3. The molecule has 0 aromatic carbocycles. The summed E-state index contributed by atoms with van der Waals surface area (Å²) in [6.45, 7) is 1.08. The molecule has 46 valence electrons. The van der Waals surface area contributed by atoms with E-state index >= 15 is 0 Å². The van der Waals surface area contributed by atoms with Gasteiger partial charge in [0.25, 0.3) is 0 Å². The third-order valence-corrected chi connectivity index (χ3v) is 0.288. The summed E-state index contributed by atoms with van der Waals surface area (Å²) in [5, 5.41) is 0. The normalized spacial score (nSPS) is 7.75. The van der Waals surface area contributed by atoms with Crippen molar-refractivity contribution in [1.82, 2.24) is 0 Å². The monoisotopic (exact) mass is 138 g/mol. The summed E-state index contributed by atoms with van der Waals surface area (Å²) in [5.41, 5.74) is -1.17. The zero-order valence-corrected chi connectivity index (χ0v) is 4.77. The molecule has 0 aromatic rings. The summed E-state index contributed by atoms with van der Waals surface area (Å²) >= 11 is 4.58. The smallest absolute Gasteiger partial charge is 0.248 e. The Kier molecular flexibility index (Phi) is 2.95. The number of carbonyl (C=O) groups is 2. The first-order chi connectivity index (χ1) is 3.63. The second kappa shape index (κ2) is 3.26. The molecule has 0 unspecified atom stereocenters. The van der Waals surface area contributed by atoms with Crippen molar-refractivity contribution in [2.75, 3.05) is 0 Å². The van der Waals surface area contributed by atoms with Gasteiger partial charge in [-0.15, -0.1) is 0 Å². The lowest BCUT2D eigenvalue weighted by Crippen LogP contribution is -2.01. The van der Waals surface area contributed by atoms with Crippen LogP contribution in [0.3, 0.4) is 0 Å². The minimum Gasteiger partial charge on any atom is -0.248 e. The molecule has 0 aliphatic rings. The molecule has 0 aromatic heterocycles. The van der Waals surface area contributed by atoms with Crippen LogP contribution >= 0.6 is 11.6 Å². The third-order valence-electron chi connectivity index (χ3n) is 0.225. The van der Waals surface area contributed by atoms with Crippen LogP contribution in [0.5, 0.6) is 0 Å². The van der Waals surface area contributed by atoms with Gasteiger partial charge in [0.1, 0.15) is 0 Å². The predicted octanol–water partition coefficient (Wildman–Crippen LogP) is 0.840. The maximum absolute atomic E-state index is 9.79. The molecule has 0 aliphatic carbocycles. The van der Waals surface area contributed by atoms with E-state index in [4.69, 9.17) is 0 Å². The molecule has 0 aliphatic heterocycles. The van der Waals surface area contributed by atoms with E-state index in [0.717, 1.165) is 6.92 Å². The minimum absolute atomic E-state index is 0.723. The Balaban J connectivity index is 3.18. The van der Waals surface area contributed by atoms with E-state index in [2.05, 4.69) is 21.4 Å². The molecule has 0 heterocycles. The summed E-state index contributed by atoms with van der Waals surface area (Å²) < 4.78 is 0. The average molecular weight is 139 g/mol. The second-order valence-electron chi connectivity index (χ2n) is 0.896. The molecule has 0 fully saturated rings. The van der Waals surface area contributed by atoms with Crippen molar-refractivity contribution in [3.05, 3.63) is 0 Å². The lowest BCUT2D eigenvalue weighted by atomic mass is 10.8. The van der Waals surface area contributed by atoms with Gasteiger partial charge < -0.3 is 0 Å². The quantitative estimate of drug-likeness (QED) is 0.283. The van der Waals surface area contributed by atoms with Gasteiger partial charge in [-0.05, 0) is 0 Å². The Hall–Kier alpha value is -0.770. The highest BCUT2D eigenvalue weighted by molar-refractivity contribution is 6.61. The Labute approximate surface area is 50.3 Å². The largest absolute Gasteiger partial charge is 0.448 e. The Morgan fingerprint density at radius 2 is 1.88 bits per heavy atom. The fourth-order valence-corrected chi connectivity index (χ4v) is 0.123. The van der Waals surface area contributed by atoms with E-state index in [-0.39, 0.29) is 0 Å². The maximum Gasteiger partial charge on any atom is 0.448 e. The van der Waals surface area contributed by atoms with Crippen LogP contribution in [0.1, 0.15) is 6.92 Å². The van der Waals surface area contributed by atoms with Gasteiger partial charge in [0.15, 0.2) is 0 Å². The molecule has 0 bridgehead atoms. The summed E-state index contributed by atoms with van der Waals surface area (Å²) in [5.74, 6) is -0.723. The number of carbonyl (C=O) groups excluding carboxylic acids is 2. The fraction of sp³-hybridized carbons (Fsp3) is 0.333. The second-order valence-corrected chi connectivity index (χ2v) is 1.20. The van der Waals surface area contributed by atoms with Crippen LogP contribution < -0.4 is 0 Å². The topological polar surface area (TPSA) is 52.6 Å². The lowest BCUT2D eigenvalue weighted by molar-refractivity contribution is -0.224. The van der Waals surface area contributed by atoms with Gasteiger partial charge in [-0.3, -0.25) is 0 Å². The summed E-state index contributed by atoms with van der Waals surface area (Å²) in [4.78, 5) is 26.7.